The van der Waals surface area contributed by atoms with Gasteiger partial charge in [-0.25, -0.2) is 4.98 Å². The zero-order valence-corrected chi connectivity index (χ0v) is 14.7. The lowest BCUT2D eigenvalue weighted by molar-refractivity contribution is 0.203. The summed E-state index contributed by atoms with van der Waals surface area (Å²) in [4.78, 5) is 11.2. The summed E-state index contributed by atoms with van der Waals surface area (Å²) in [5.41, 5.74) is 3.65. The van der Waals surface area contributed by atoms with Gasteiger partial charge in [-0.3, -0.25) is 4.90 Å². The number of hydrogen-bond acceptors (Lipinski definition) is 5. The first-order valence-electron chi connectivity index (χ1n) is 8.74. The first kappa shape index (κ1) is 16.1. The molecule has 1 fully saturated rings. The molecule has 0 N–H and O–H groups in total. The second-order valence-electron chi connectivity index (χ2n) is 6.63. The van der Waals surface area contributed by atoms with Gasteiger partial charge in [-0.1, -0.05) is 36.4 Å². The number of aromatic nitrogens is 2. The Morgan fingerprint density at radius 1 is 1.12 bits per heavy atom. The van der Waals surface area contributed by atoms with Gasteiger partial charge in [0.1, 0.15) is 0 Å². The topological polar surface area (TPSA) is 47.5 Å². The summed E-state index contributed by atoms with van der Waals surface area (Å²) in [6.07, 6.45) is 7.65. The van der Waals surface area contributed by atoms with Crippen molar-refractivity contribution in [3.05, 3.63) is 53.7 Å². The lowest BCUT2D eigenvalue weighted by Crippen LogP contribution is -2.37. The fourth-order valence-electron chi connectivity index (χ4n) is 3.98. The molecule has 2 aliphatic rings. The molecule has 2 aliphatic heterocycles. The number of ether oxygens (including phenoxy) is 2. The fraction of sp³-hybridized carbons (Fsp3) is 0.400. The van der Waals surface area contributed by atoms with Crippen molar-refractivity contribution in [2.75, 3.05) is 14.2 Å². The van der Waals surface area contributed by atoms with Gasteiger partial charge < -0.3 is 9.47 Å². The van der Waals surface area contributed by atoms with Crippen LogP contribution in [0.25, 0.3) is 5.57 Å². The van der Waals surface area contributed by atoms with Gasteiger partial charge in [-0.05, 0) is 30.4 Å². The van der Waals surface area contributed by atoms with E-state index in [2.05, 4.69) is 51.3 Å². The lowest BCUT2D eigenvalue weighted by Gasteiger charge is -2.34. The predicted molar refractivity (Wildman–Crippen MR) is 96.5 cm³/mol. The van der Waals surface area contributed by atoms with Gasteiger partial charge in [0, 0.05) is 24.8 Å². The van der Waals surface area contributed by atoms with E-state index in [0.717, 1.165) is 18.5 Å². The second-order valence-corrected chi connectivity index (χ2v) is 6.63. The maximum Gasteiger partial charge on any atom is 0.319 e. The molecule has 1 saturated heterocycles. The molecule has 5 heteroatoms. The van der Waals surface area contributed by atoms with Crippen LogP contribution >= 0.6 is 0 Å². The Labute approximate surface area is 148 Å². The summed E-state index contributed by atoms with van der Waals surface area (Å²) >= 11 is 0. The summed E-state index contributed by atoms with van der Waals surface area (Å²) in [5, 5.41) is 0. The number of rotatable bonds is 5. The van der Waals surface area contributed by atoms with Gasteiger partial charge in [0.25, 0.3) is 0 Å². The van der Waals surface area contributed by atoms with Crippen molar-refractivity contribution < 1.29 is 9.47 Å². The van der Waals surface area contributed by atoms with Crippen LogP contribution in [0, 0.1) is 0 Å². The van der Waals surface area contributed by atoms with Crippen molar-refractivity contribution in [1.29, 1.82) is 0 Å². The largest absolute Gasteiger partial charge is 0.480 e. The van der Waals surface area contributed by atoms with Crippen LogP contribution in [0.2, 0.25) is 0 Å². The number of nitrogens with zero attached hydrogens (tertiary/aromatic N) is 3. The smallest absolute Gasteiger partial charge is 0.319 e. The predicted octanol–water partition coefficient (Wildman–Crippen LogP) is 3.31. The summed E-state index contributed by atoms with van der Waals surface area (Å²) in [7, 11) is 3.21. The van der Waals surface area contributed by atoms with Crippen LogP contribution in [-0.2, 0) is 6.54 Å². The van der Waals surface area contributed by atoms with Gasteiger partial charge >= 0.3 is 6.01 Å². The minimum atomic E-state index is 0.339. The van der Waals surface area contributed by atoms with Crippen LogP contribution in [-0.4, -0.2) is 41.2 Å². The summed E-state index contributed by atoms with van der Waals surface area (Å²) in [5.74, 6) is 0.592. The van der Waals surface area contributed by atoms with Crippen molar-refractivity contribution >= 4 is 5.57 Å². The van der Waals surface area contributed by atoms with E-state index in [9.17, 15) is 0 Å². The molecule has 2 aromatic rings. The van der Waals surface area contributed by atoms with Crippen molar-refractivity contribution in [3.63, 3.8) is 0 Å². The van der Waals surface area contributed by atoms with E-state index >= 15 is 0 Å². The third-order valence-electron chi connectivity index (χ3n) is 5.20. The lowest BCUT2D eigenvalue weighted by atomic mass is 9.95. The average Bonchev–Trinajstić information content (AvgIpc) is 2.90. The highest BCUT2D eigenvalue weighted by atomic mass is 16.5. The van der Waals surface area contributed by atoms with Gasteiger partial charge in [0.2, 0.25) is 5.88 Å². The molecule has 25 heavy (non-hydrogen) atoms. The molecule has 3 heterocycles. The Hall–Kier alpha value is -2.40. The molecule has 5 nitrogen and oxygen atoms in total. The normalized spacial score (nSPS) is 22.6. The molecule has 2 bridgehead atoms. The number of hydrogen-bond donors (Lipinski definition) is 0. The molecule has 1 aromatic heterocycles. The molecule has 0 amide bonds. The SMILES string of the molecule is COc1ncc(C2=CC3CCC(C2)N3Cc2ccccc2)c(OC)n1. The van der Waals surface area contributed by atoms with Crippen molar-refractivity contribution in [2.24, 2.45) is 0 Å². The monoisotopic (exact) mass is 337 g/mol. The molecular weight excluding hydrogens is 314 g/mol. The van der Waals surface area contributed by atoms with Gasteiger partial charge in [0.05, 0.1) is 19.8 Å². The van der Waals surface area contributed by atoms with Crippen molar-refractivity contribution in [2.45, 2.75) is 37.9 Å². The maximum absolute atomic E-state index is 5.47. The number of benzene rings is 1. The zero-order chi connectivity index (χ0) is 17.2. The third kappa shape index (κ3) is 3.12. The Bertz CT molecular complexity index is 776. The molecule has 4 rings (SSSR count). The average molecular weight is 337 g/mol. The Kier molecular flexibility index (Phi) is 4.40. The van der Waals surface area contributed by atoms with E-state index in [0.29, 0.717) is 24.0 Å². The highest BCUT2D eigenvalue weighted by Crippen LogP contribution is 2.41. The van der Waals surface area contributed by atoms with Gasteiger partial charge in [-0.2, -0.15) is 4.98 Å². The van der Waals surface area contributed by atoms with E-state index in [-0.39, 0.29) is 0 Å². The third-order valence-corrected chi connectivity index (χ3v) is 5.20. The quantitative estimate of drug-likeness (QED) is 0.838. The second kappa shape index (κ2) is 6.84. The van der Waals surface area contributed by atoms with Crippen LogP contribution in [0.3, 0.4) is 0 Å². The summed E-state index contributed by atoms with van der Waals surface area (Å²) in [6.45, 7) is 1.01. The fourth-order valence-corrected chi connectivity index (χ4v) is 3.98. The van der Waals surface area contributed by atoms with E-state index in [4.69, 9.17) is 9.47 Å². The Balaban J connectivity index is 1.59. The molecule has 2 atom stereocenters. The molecule has 2 unspecified atom stereocenters. The molecule has 130 valence electrons. The minimum Gasteiger partial charge on any atom is -0.480 e. The molecule has 0 radical (unpaired) electrons. The van der Waals surface area contributed by atoms with Crippen molar-refractivity contribution in [1.82, 2.24) is 14.9 Å². The van der Waals surface area contributed by atoms with Gasteiger partial charge in [0.15, 0.2) is 0 Å². The molecular formula is C20H23N3O2. The van der Waals surface area contributed by atoms with Crippen LogP contribution in [0.4, 0.5) is 0 Å². The van der Waals surface area contributed by atoms with E-state index in [1.807, 2.05) is 6.20 Å². The van der Waals surface area contributed by atoms with Crippen LogP contribution in [0.1, 0.15) is 30.4 Å². The van der Waals surface area contributed by atoms with Crippen LogP contribution in [0.15, 0.2) is 42.6 Å². The van der Waals surface area contributed by atoms with Gasteiger partial charge in [-0.15, -0.1) is 0 Å². The van der Waals surface area contributed by atoms with E-state index in [1.54, 1.807) is 14.2 Å². The highest BCUT2D eigenvalue weighted by Gasteiger charge is 2.37. The minimum absolute atomic E-state index is 0.339. The first-order chi connectivity index (χ1) is 12.3. The Morgan fingerprint density at radius 3 is 2.68 bits per heavy atom. The number of methoxy groups -OCH3 is 2. The molecule has 0 aliphatic carbocycles. The van der Waals surface area contributed by atoms with E-state index < -0.39 is 0 Å². The van der Waals surface area contributed by atoms with Crippen LogP contribution in [0.5, 0.6) is 11.9 Å². The molecule has 0 saturated carbocycles. The summed E-state index contributed by atoms with van der Waals surface area (Å²) < 4.78 is 10.6. The van der Waals surface area contributed by atoms with E-state index in [1.165, 1.54) is 24.0 Å². The summed E-state index contributed by atoms with van der Waals surface area (Å²) in [6, 6.07) is 12.1. The van der Waals surface area contributed by atoms with Crippen molar-refractivity contribution in [3.8, 4) is 11.9 Å². The first-order valence-corrected chi connectivity index (χ1v) is 8.74. The standard InChI is InChI=1S/C20H23N3O2/c1-24-19-18(12-21-20(22-19)25-2)15-10-16-8-9-17(11-15)23(16)13-14-6-4-3-5-7-14/h3-7,10,12,16-17H,8-9,11,13H2,1-2H3. The maximum atomic E-state index is 5.47. The molecule has 0 spiro atoms. The molecule has 1 aromatic carbocycles. The van der Waals surface area contributed by atoms with Crippen LogP contribution < -0.4 is 9.47 Å². The number of fused-ring (bicyclic) bond motifs is 2. The highest BCUT2D eigenvalue weighted by molar-refractivity contribution is 5.71. The zero-order valence-electron chi connectivity index (χ0n) is 14.7. The Morgan fingerprint density at radius 2 is 1.96 bits per heavy atom.